The third-order valence-corrected chi connectivity index (χ3v) is 7.39. The first-order valence-corrected chi connectivity index (χ1v) is 13.3. The van der Waals surface area contributed by atoms with Crippen molar-refractivity contribution in [3.63, 3.8) is 0 Å². The minimum Gasteiger partial charge on any atom is -0.360 e. The molecule has 3 aromatic rings. The quantitative estimate of drug-likeness (QED) is 0.326. The Morgan fingerprint density at radius 2 is 2.06 bits per heavy atom. The second kappa shape index (κ2) is 11.0. The lowest BCUT2D eigenvalue weighted by atomic mass is 10.2. The third kappa shape index (κ3) is 5.56. The molecule has 0 radical (unpaired) electrons. The average molecular weight is 472 g/mol. The minimum absolute atomic E-state index is 0.0519. The van der Waals surface area contributed by atoms with Crippen LogP contribution in [0.2, 0.25) is 0 Å². The van der Waals surface area contributed by atoms with Gasteiger partial charge in [0.05, 0.1) is 17.0 Å². The topological polar surface area (TPSA) is 85.8 Å². The van der Waals surface area contributed by atoms with E-state index < -0.39 is 0 Å². The van der Waals surface area contributed by atoms with Crippen molar-refractivity contribution in [2.24, 2.45) is 0 Å². The summed E-state index contributed by atoms with van der Waals surface area (Å²) in [5.41, 5.74) is 1.55. The molecular formula is C23H29N5O2S2. The van der Waals surface area contributed by atoms with Crippen molar-refractivity contribution in [3.8, 4) is 0 Å². The van der Waals surface area contributed by atoms with Crippen LogP contribution in [-0.4, -0.2) is 38.6 Å². The van der Waals surface area contributed by atoms with E-state index in [2.05, 4.69) is 31.5 Å². The number of amides is 1. The summed E-state index contributed by atoms with van der Waals surface area (Å²) in [5.74, 6) is 2.43. The van der Waals surface area contributed by atoms with E-state index in [1.165, 1.54) is 25.7 Å². The molecule has 0 saturated heterocycles. The Morgan fingerprint density at radius 3 is 2.81 bits per heavy atom. The number of nitrogens with one attached hydrogen (secondary N) is 1. The number of rotatable bonds is 10. The van der Waals surface area contributed by atoms with Gasteiger partial charge in [0.15, 0.2) is 5.16 Å². The van der Waals surface area contributed by atoms with Crippen molar-refractivity contribution in [2.75, 3.05) is 12.8 Å². The Balaban J connectivity index is 1.31. The molecule has 0 atom stereocenters. The molecule has 170 valence electrons. The predicted molar refractivity (Wildman–Crippen MR) is 127 cm³/mol. The molecule has 1 aromatic carbocycles. The molecule has 7 nitrogen and oxygen atoms in total. The molecular weight excluding hydrogens is 442 g/mol. The fourth-order valence-electron chi connectivity index (χ4n) is 4.10. The lowest BCUT2D eigenvalue weighted by Gasteiger charge is -2.16. The van der Waals surface area contributed by atoms with Gasteiger partial charge in [0, 0.05) is 30.0 Å². The van der Waals surface area contributed by atoms with Gasteiger partial charge in [-0.15, -0.1) is 22.0 Å². The van der Waals surface area contributed by atoms with E-state index in [1.54, 1.807) is 23.5 Å². The number of carbonyl (C=O) groups is 1. The van der Waals surface area contributed by atoms with Crippen LogP contribution < -0.4 is 5.32 Å². The lowest BCUT2D eigenvalue weighted by Crippen LogP contribution is -2.25. The number of aryl methyl sites for hydroxylation is 2. The van der Waals surface area contributed by atoms with Crippen molar-refractivity contribution >= 4 is 29.4 Å². The van der Waals surface area contributed by atoms with E-state index in [4.69, 9.17) is 4.52 Å². The minimum atomic E-state index is -0.0519. The molecule has 1 aliphatic carbocycles. The molecule has 1 aliphatic rings. The second-order valence-corrected chi connectivity index (χ2v) is 9.78. The monoisotopic (exact) mass is 471 g/mol. The van der Waals surface area contributed by atoms with Gasteiger partial charge in [-0.2, -0.15) is 0 Å². The molecule has 32 heavy (non-hydrogen) atoms. The zero-order valence-electron chi connectivity index (χ0n) is 18.5. The highest BCUT2D eigenvalue weighted by molar-refractivity contribution is 7.98. The summed E-state index contributed by atoms with van der Waals surface area (Å²) in [7, 11) is 0. The molecule has 2 aromatic heterocycles. The van der Waals surface area contributed by atoms with E-state index in [9.17, 15) is 4.79 Å². The van der Waals surface area contributed by atoms with Crippen molar-refractivity contribution < 1.29 is 9.32 Å². The van der Waals surface area contributed by atoms with Crippen LogP contribution in [0.4, 0.5) is 0 Å². The summed E-state index contributed by atoms with van der Waals surface area (Å²) in [5, 5.41) is 16.8. The first-order valence-electron chi connectivity index (χ1n) is 11.1. The Kier molecular flexibility index (Phi) is 7.91. The molecule has 1 fully saturated rings. The first kappa shape index (κ1) is 22.9. The number of aromatic nitrogens is 4. The molecule has 1 amide bonds. The number of nitrogens with zero attached hydrogens (tertiary/aromatic N) is 4. The molecule has 0 unspecified atom stereocenters. The number of hydrogen-bond donors (Lipinski definition) is 1. The zero-order chi connectivity index (χ0) is 22.3. The zero-order valence-corrected chi connectivity index (χ0v) is 20.2. The van der Waals surface area contributed by atoms with Gasteiger partial charge in [-0.25, -0.2) is 0 Å². The summed E-state index contributed by atoms with van der Waals surface area (Å²) in [6.45, 7) is 2.50. The van der Waals surface area contributed by atoms with Crippen LogP contribution in [0.1, 0.15) is 65.8 Å². The maximum atomic E-state index is 12.8. The van der Waals surface area contributed by atoms with Gasteiger partial charge >= 0.3 is 0 Å². The van der Waals surface area contributed by atoms with Crippen LogP contribution in [0, 0.1) is 6.92 Å². The lowest BCUT2D eigenvalue weighted by molar-refractivity contribution is 0.0950. The third-order valence-electron chi connectivity index (χ3n) is 5.65. The maximum Gasteiger partial charge on any atom is 0.252 e. The van der Waals surface area contributed by atoms with E-state index in [0.29, 0.717) is 23.9 Å². The maximum absolute atomic E-state index is 12.8. The SMILES string of the molecule is CSc1nnc(CCCNC(=O)c2ccccc2SCc2cc(C)no2)n1C1CCCC1. The van der Waals surface area contributed by atoms with Gasteiger partial charge < -0.3 is 14.4 Å². The van der Waals surface area contributed by atoms with Gasteiger partial charge in [0.2, 0.25) is 0 Å². The van der Waals surface area contributed by atoms with Crippen LogP contribution in [0.3, 0.4) is 0 Å². The van der Waals surface area contributed by atoms with E-state index >= 15 is 0 Å². The van der Waals surface area contributed by atoms with Crippen LogP contribution in [0.5, 0.6) is 0 Å². The van der Waals surface area contributed by atoms with Crippen molar-refractivity contribution in [2.45, 2.75) is 67.3 Å². The fourth-order valence-corrected chi connectivity index (χ4v) is 5.60. The summed E-state index contributed by atoms with van der Waals surface area (Å²) in [6.07, 6.45) is 8.66. The highest BCUT2D eigenvalue weighted by atomic mass is 32.2. The highest BCUT2D eigenvalue weighted by Crippen LogP contribution is 2.33. The fraction of sp³-hybridized carbons (Fsp3) is 0.478. The first-order chi connectivity index (χ1) is 15.7. The Labute approximate surface area is 197 Å². The summed E-state index contributed by atoms with van der Waals surface area (Å²) < 4.78 is 7.61. The summed E-state index contributed by atoms with van der Waals surface area (Å²) >= 11 is 3.24. The van der Waals surface area contributed by atoms with Crippen LogP contribution >= 0.6 is 23.5 Å². The number of hydrogen-bond acceptors (Lipinski definition) is 7. The highest BCUT2D eigenvalue weighted by Gasteiger charge is 2.23. The smallest absolute Gasteiger partial charge is 0.252 e. The van der Waals surface area contributed by atoms with Crippen molar-refractivity contribution in [1.82, 2.24) is 25.2 Å². The summed E-state index contributed by atoms with van der Waals surface area (Å²) in [6, 6.07) is 10.1. The van der Waals surface area contributed by atoms with Crippen LogP contribution in [0.25, 0.3) is 0 Å². The van der Waals surface area contributed by atoms with E-state index in [-0.39, 0.29) is 5.91 Å². The van der Waals surface area contributed by atoms with Crippen LogP contribution in [-0.2, 0) is 12.2 Å². The van der Waals surface area contributed by atoms with Crippen molar-refractivity contribution in [1.29, 1.82) is 0 Å². The van der Waals surface area contributed by atoms with Gasteiger partial charge in [0.25, 0.3) is 5.91 Å². The molecule has 1 N–H and O–H groups in total. The van der Waals surface area contributed by atoms with Gasteiger partial charge in [-0.3, -0.25) is 4.79 Å². The molecule has 0 aliphatic heterocycles. The van der Waals surface area contributed by atoms with Gasteiger partial charge in [-0.1, -0.05) is 41.9 Å². The predicted octanol–water partition coefficient (Wildman–Crippen LogP) is 5.07. The molecule has 2 heterocycles. The van der Waals surface area contributed by atoms with Gasteiger partial charge in [0.1, 0.15) is 11.6 Å². The number of carbonyl (C=O) groups excluding carboxylic acids is 1. The standard InChI is InChI=1S/C23H29N5O2S2/c1-16-14-18(30-27-16)15-32-20-11-6-5-10-19(20)22(29)24-13-7-12-21-25-26-23(31-2)28(21)17-8-3-4-9-17/h5-6,10-11,14,17H,3-4,7-9,12-13,15H2,1-2H3,(H,24,29). The molecule has 4 rings (SSSR count). The Morgan fingerprint density at radius 1 is 1.25 bits per heavy atom. The summed E-state index contributed by atoms with van der Waals surface area (Å²) in [4.78, 5) is 13.8. The molecule has 9 heteroatoms. The molecule has 1 saturated carbocycles. The average Bonchev–Trinajstić information content (AvgIpc) is 3.56. The Bertz CT molecular complexity index is 1040. The van der Waals surface area contributed by atoms with E-state index in [0.717, 1.165) is 40.2 Å². The van der Waals surface area contributed by atoms with Crippen LogP contribution in [0.15, 0.2) is 44.9 Å². The normalized spacial score (nSPS) is 14.2. The largest absolute Gasteiger partial charge is 0.360 e. The number of benzene rings is 1. The second-order valence-electron chi connectivity index (χ2n) is 7.99. The molecule has 0 bridgehead atoms. The Hall–Kier alpha value is -2.26. The van der Waals surface area contributed by atoms with E-state index in [1.807, 2.05) is 37.3 Å². The number of thioether (sulfide) groups is 2. The van der Waals surface area contributed by atoms with Crippen molar-refractivity contribution in [3.05, 3.63) is 53.2 Å². The molecule has 0 spiro atoms. The van der Waals surface area contributed by atoms with Gasteiger partial charge in [-0.05, 0) is 44.6 Å².